The van der Waals surface area contributed by atoms with E-state index in [1.807, 2.05) is 12.2 Å². The molecule has 0 saturated heterocycles. The molecular weight excluding hydrogens is 611 g/mol. The van der Waals surface area contributed by atoms with E-state index in [1.54, 1.807) is 0 Å². The van der Waals surface area contributed by atoms with Gasteiger partial charge in [-0.25, -0.2) is 12.2 Å². The summed E-state index contributed by atoms with van der Waals surface area (Å²) in [6, 6.07) is 50.7. The van der Waals surface area contributed by atoms with Crippen LogP contribution in [0.3, 0.4) is 0 Å². The molecule has 0 heterocycles. The summed E-state index contributed by atoms with van der Waals surface area (Å²) in [5.74, 6) is 0. The van der Waals surface area contributed by atoms with E-state index in [9.17, 15) is 0 Å². The molecule has 0 aliphatic heterocycles. The first kappa shape index (κ1) is 34.3. The van der Waals surface area contributed by atoms with Crippen LogP contribution in [0.15, 0.2) is 164 Å². The van der Waals surface area contributed by atoms with Crippen molar-refractivity contribution in [2.75, 3.05) is 0 Å². The van der Waals surface area contributed by atoms with Crippen molar-refractivity contribution in [2.45, 2.75) is 6.42 Å². The zero-order valence-corrected chi connectivity index (χ0v) is 26.9. The van der Waals surface area contributed by atoms with E-state index in [-0.39, 0.29) is 60.5 Å². The van der Waals surface area contributed by atoms with Crippen LogP contribution in [0.5, 0.6) is 0 Å². The first-order valence-corrected chi connectivity index (χ1v) is 13.4. The maximum absolute atomic E-state index is 2.99. The van der Waals surface area contributed by atoms with Gasteiger partial charge in [-0.05, 0) is 0 Å². The van der Waals surface area contributed by atoms with Gasteiger partial charge in [-0.15, -0.1) is 90.5 Å². The Balaban J connectivity index is 0.000000264. The van der Waals surface area contributed by atoms with Crippen molar-refractivity contribution in [1.82, 2.24) is 0 Å². The molecule has 4 heteroatoms. The number of hydrogen-bond acceptors (Lipinski definition) is 0. The van der Waals surface area contributed by atoms with E-state index in [0.29, 0.717) is 0 Å². The van der Waals surface area contributed by atoms with Gasteiger partial charge in [0.25, 0.3) is 0 Å². The average Bonchev–Trinajstić information content (AvgIpc) is 3.74. The average molecular weight is 643 g/mol. The Morgan fingerprint density at radius 2 is 0.974 bits per heavy atom. The van der Waals surface area contributed by atoms with Gasteiger partial charge in [0, 0.05) is 0 Å². The molecule has 0 saturated carbocycles. The SMILES string of the molecule is Cl.Cl.[C-]1=CC=CC1.[Zr+3].c1ccc([SiH]c2ccccc2)cc1.c1ccc2[cH-]ccc2c1.c1ccc2[cH-]ccc2c1. The van der Waals surface area contributed by atoms with Crippen LogP contribution in [0.2, 0.25) is 0 Å². The van der Waals surface area contributed by atoms with Crippen molar-refractivity contribution in [3.63, 3.8) is 0 Å². The Morgan fingerprint density at radius 1 is 0.538 bits per heavy atom. The molecule has 1 aliphatic rings. The maximum Gasteiger partial charge on any atom is 3.00 e. The summed E-state index contributed by atoms with van der Waals surface area (Å²) >= 11 is 0. The van der Waals surface area contributed by atoms with Gasteiger partial charge in [-0.2, -0.15) is 41.1 Å². The Kier molecular flexibility index (Phi) is 17.8. The second-order valence-electron chi connectivity index (χ2n) is 8.28. The summed E-state index contributed by atoms with van der Waals surface area (Å²) in [6.45, 7) is 0. The fourth-order valence-electron chi connectivity index (χ4n) is 3.77. The third kappa shape index (κ3) is 12.3. The predicted molar refractivity (Wildman–Crippen MR) is 174 cm³/mol. The van der Waals surface area contributed by atoms with Crippen LogP contribution in [0, 0.1) is 6.08 Å². The van der Waals surface area contributed by atoms with Crippen LogP contribution in [0.1, 0.15) is 6.42 Å². The van der Waals surface area contributed by atoms with Crippen LogP contribution in [0.25, 0.3) is 21.5 Å². The Hall–Kier alpha value is -2.74. The fourth-order valence-corrected chi connectivity index (χ4v) is 4.99. The topological polar surface area (TPSA) is 0 Å². The summed E-state index contributed by atoms with van der Waals surface area (Å²) in [5, 5.41) is 8.23. The van der Waals surface area contributed by atoms with Crippen LogP contribution in [-0.4, -0.2) is 9.52 Å². The fraction of sp³-hybridized carbons (Fsp3) is 0.0286. The quantitative estimate of drug-likeness (QED) is 0.132. The molecule has 0 nitrogen and oxygen atoms in total. The van der Waals surface area contributed by atoms with Crippen molar-refractivity contribution in [1.29, 1.82) is 0 Å². The van der Waals surface area contributed by atoms with Gasteiger partial charge in [0.2, 0.25) is 0 Å². The van der Waals surface area contributed by atoms with Crippen molar-refractivity contribution in [2.24, 2.45) is 0 Å². The minimum atomic E-state index is 0. The summed E-state index contributed by atoms with van der Waals surface area (Å²) < 4.78 is 0. The minimum Gasteiger partial charge on any atom is -0.273 e. The van der Waals surface area contributed by atoms with E-state index in [2.05, 4.69) is 158 Å². The van der Waals surface area contributed by atoms with E-state index in [1.165, 1.54) is 31.9 Å². The number of rotatable bonds is 2. The summed E-state index contributed by atoms with van der Waals surface area (Å²) in [5.41, 5.74) is 0. The number of allylic oxidation sites excluding steroid dienone is 4. The number of halogens is 2. The summed E-state index contributed by atoms with van der Waals surface area (Å²) in [6.07, 6.45) is 10.0. The van der Waals surface area contributed by atoms with Gasteiger partial charge in [0.1, 0.15) is 9.52 Å². The molecule has 0 fully saturated rings. The van der Waals surface area contributed by atoms with Crippen molar-refractivity contribution >= 4 is 66.3 Å². The summed E-state index contributed by atoms with van der Waals surface area (Å²) in [4.78, 5) is 0. The minimum absolute atomic E-state index is 0. The van der Waals surface area contributed by atoms with E-state index in [4.69, 9.17) is 0 Å². The van der Waals surface area contributed by atoms with Crippen molar-refractivity contribution in [3.05, 3.63) is 170 Å². The largest absolute Gasteiger partial charge is 3.00 e. The second kappa shape index (κ2) is 20.2. The molecule has 0 unspecified atom stereocenters. The third-order valence-electron chi connectivity index (χ3n) is 5.61. The van der Waals surface area contributed by atoms with E-state index >= 15 is 0 Å². The van der Waals surface area contributed by atoms with E-state index < -0.39 is 0 Å². The van der Waals surface area contributed by atoms with Gasteiger partial charge in [-0.1, -0.05) is 83.2 Å². The predicted octanol–water partition coefficient (Wildman–Crippen LogP) is 8.34. The molecule has 2 radical (unpaired) electrons. The van der Waals surface area contributed by atoms with Gasteiger partial charge >= 0.3 is 26.2 Å². The monoisotopic (exact) mass is 640 g/mol. The Labute approximate surface area is 267 Å². The van der Waals surface area contributed by atoms with Crippen LogP contribution < -0.4 is 10.4 Å². The molecule has 194 valence electrons. The number of fused-ring (bicyclic) bond motifs is 2. The van der Waals surface area contributed by atoms with Crippen LogP contribution in [0.4, 0.5) is 0 Å². The van der Waals surface area contributed by atoms with Gasteiger partial charge in [-0.3, -0.25) is 6.08 Å². The summed E-state index contributed by atoms with van der Waals surface area (Å²) in [7, 11) is 0.271. The zero-order chi connectivity index (χ0) is 24.7. The molecular formula is C35H32Cl2SiZr. The molecule has 6 aromatic carbocycles. The second-order valence-corrected chi connectivity index (χ2v) is 9.90. The van der Waals surface area contributed by atoms with Gasteiger partial charge in [0.05, 0.1) is 0 Å². The van der Waals surface area contributed by atoms with Crippen molar-refractivity contribution in [3.8, 4) is 0 Å². The van der Waals surface area contributed by atoms with Crippen LogP contribution in [-0.2, 0) is 26.2 Å². The van der Waals surface area contributed by atoms with E-state index in [0.717, 1.165) is 6.42 Å². The Morgan fingerprint density at radius 3 is 1.33 bits per heavy atom. The molecule has 0 atom stereocenters. The molecule has 0 aromatic heterocycles. The third-order valence-corrected chi connectivity index (χ3v) is 7.05. The number of benzene rings is 4. The first-order valence-electron chi connectivity index (χ1n) is 12.3. The molecule has 0 N–H and O–H groups in total. The zero-order valence-electron chi connectivity index (χ0n) is 21.7. The van der Waals surface area contributed by atoms with Gasteiger partial charge in [0.15, 0.2) is 0 Å². The molecule has 0 amide bonds. The molecule has 39 heavy (non-hydrogen) atoms. The van der Waals surface area contributed by atoms with Crippen LogP contribution >= 0.6 is 24.8 Å². The molecule has 0 bridgehead atoms. The molecule has 1 aliphatic carbocycles. The molecule has 0 spiro atoms. The molecule has 7 rings (SSSR count). The first-order chi connectivity index (χ1) is 17.9. The smallest absolute Gasteiger partial charge is 0.273 e. The number of hydrogen-bond donors (Lipinski definition) is 0. The Bertz CT molecular complexity index is 1310. The van der Waals surface area contributed by atoms with Gasteiger partial charge < -0.3 is 0 Å². The van der Waals surface area contributed by atoms with Crippen molar-refractivity contribution < 1.29 is 26.2 Å². The normalized spacial score (nSPS) is 10.3. The maximum atomic E-state index is 2.99. The molecule has 6 aromatic rings. The standard InChI is InChI=1S/C12H11Si.2C9H7.C5H5.2ClH.Zr/c1-3-7-11(8-4-1)13-12-9-5-2-6-10-12;2*1-2-5-9-7-3-6-8(9)4-1;1-2-4-5-3-1;;;/h1-10,13H;2*1-7H;1-3H,4H2;2*1H;/q;3*-1;;;+3.